The van der Waals surface area contributed by atoms with E-state index in [1.165, 1.54) is 0 Å². The quantitative estimate of drug-likeness (QED) is 0.805. The molecule has 1 saturated carbocycles. The molecule has 0 aliphatic heterocycles. The molecule has 5 heteroatoms. The Labute approximate surface area is 126 Å². The molecule has 0 saturated heterocycles. The van der Waals surface area contributed by atoms with Crippen LogP contribution in [0.5, 0.6) is 17.2 Å². The first-order valence-electron chi connectivity index (χ1n) is 7.35. The normalized spacial score (nSPS) is 21.3. The second kappa shape index (κ2) is 7.52. The summed E-state index contributed by atoms with van der Waals surface area (Å²) < 4.78 is 16.0. The number of hydrogen-bond acceptors (Lipinski definition) is 5. The molecule has 1 aliphatic rings. The molecule has 0 heterocycles. The zero-order valence-corrected chi connectivity index (χ0v) is 13.0. The van der Waals surface area contributed by atoms with Crippen LogP contribution in [0.3, 0.4) is 0 Å². The van der Waals surface area contributed by atoms with Crippen LogP contribution >= 0.6 is 0 Å². The van der Waals surface area contributed by atoms with Crippen LogP contribution in [0.1, 0.15) is 24.8 Å². The van der Waals surface area contributed by atoms with Gasteiger partial charge in [-0.25, -0.2) is 0 Å². The van der Waals surface area contributed by atoms with Crippen molar-refractivity contribution in [2.24, 2.45) is 5.92 Å². The standard InChI is InChI=1S/C16H25NO4/c1-19-14-8-16(21-3)15(20-2)7-12(14)10-17-9-11-4-5-13(18)6-11/h7-8,11,13,17-18H,4-6,9-10H2,1-3H3. The Kier molecular flexibility index (Phi) is 5.70. The molecular weight excluding hydrogens is 270 g/mol. The van der Waals surface area contributed by atoms with Crippen LogP contribution in [-0.2, 0) is 6.54 Å². The molecule has 0 bridgehead atoms. The fraction of sp³-hybridized carbons (Fsp3) is 0.625. The second-order valence-electron chi connectivity index (χ2n) is 5.48. The Morgan fingerprint density at radius 1 is 1.05 bits per heavy atom. The Morgan fingerprint density at radius 2 is 1.71 bits per heavy atom. The predicted molar refractivity (Wildman–Crippen MR) is 81.2 cm³/mol. The van der Waals surface area contributed by atoms with E-state index >= 15 is 0 Å². The topological polar surface area (TPSA) is 60.0 Å². The van der Waals surface area contributed by atoms with Gasteiger partial charge < -0.3 is 24.6 Å². The van der Waals surface area contributed by atoms with Gasteiger partial charge in [0.05, 0.1) is 27.4 Å². The molecule has 2 unspecified atom stereocenters. The summed E-state index contributed by atoms with van der Waals surface area (Å²) in [6, 6.07) is 3.78. The molecule has 2 N–H and O–H groups in total. The van der Waals surface area contributed by atoms with Crippen molar-refractivity contribution in [2.75, 3.05) is 27.9 Å². The lowest BCUT2D eigenvalue weighted by atomic mass is 10.1. The molecule has 1 aliphatic carbocycles. The van der Waals surface area contributed by atoms with Crippen LogP contribution in [0.15, 0.2) is 12.1 Å². The van der Waals surface area contributed by atoms with Gasteiger partial charge in [0.2, 0.25) is 0 Å². The largest absolute Gasteiger partial charge is 0.496 e. The molecule has 0 radical (unpaired) electrons. The number of aliphatic hydroxyl groups is 1. The molecular formula is C16H25NO4. The first-order valence-corrected chi connectivity index (χ1v) is 7.35. The smallest absolute Gasteiger partial charge is 0.164 e. The Morgan fingerprint density at radius 3 is 2.29 bits per heavy atom. The summed E-state index contributed by atoms with van der Waals surface area (Å²) in [5.41, 5.74) is 1.04. The van der Waals surface area contributed by atoms with Crippen molar-refractivity contribution in [3.05, 3.63) is 17.7 Å². The lowest BCUT2D eigenvalue weighted by Gasteiger charge is -2.16. The minimum atomic E-state index is -0.118. The molecule has 0 spiro atoms. The summed E-state index contributed by atoms with van der Waals surface area (Å²) in [4.78, 5) is 0. The first kappa shape index (κ1) is 15.9. The van der Waals surface area contributed by atoms with Gasteiger partial charge in [0.25, 0.3) is 0 Å². The van der Waals surface area contributed by atoms with Gasteiger partial charge in [-0.15, -0.1) is 0 Å². The van der Waals surface area contributed by atoms with E-state index in [0.29, 0.717) is 24.0 Å². The van der Waals surface area contributed by atoms with Gasteiger partial charge in [-0.3, -0.25) is 0 Å². The van der Waals surface area contributed by atoms with Crippen LogP contribution in [0.2, 0.25) is 0 Å². The highest BCUT2D eigenvalue weighted by Gasteiger charge is 2.22. The van der Waals surface area contributed by atoms with Crippen molar-refractivity contribution in [3.63, 3.8) is 0 Å². The Balaban J connectivity index is 1.98. The van der Waals surface area contributed by atoms with E-state index in [1.54, 1.807) is 21.3 Å². The van der Waals surface area contributed by atoms with Gasteiger partial charge in [0, 0.05) is 18.2 Å². The third-order valence-corrected chi connectivity index (χ3v) is 4.05. The van der Waals surface area contributed by atoms with E-state index in [4.69, 9.17) is 14.2 Å². The number of rotatable bonds is 7. The summed E-state index contributed by atoms with van der Waals surface area (Å²) in [6.07, 6.45) is 2.80. The van der Waals surface area contributed by atoms with Crippen LogP contribution in [0, 0.1) is 5.92 Å². The summed E-state index contributed by atoms with van der Waals surface area (Å²) in [5, 5.41) is 13.0. The van der Waals surface area contributed by atoms with Crippen molar-refractivity contribution in [1.29, 1.82) is 0 Å². The van der Waals surface area contributed by atoms with E-state index in [9.17, 15) is 5.11 Å². The monoisotopic (exact) mass is 295 g/mol. The van der Waals surface area contributed by atoms with Crippen molar-refractivity contribution < 1.29 is 19.3 Å². The van der Waals surface area contributed by atoms with Gasteiger partial charge in [0.15, 0.2) is 11.5 Å². The maximum Gasteiger partial charge on any atom is 0.164 e. The fourth-order valence-corrected chi connectivity index (χ4v) is 2.88. The number of hydrogen-bond donors (Lipinski definition) is 2. The van der Waals surface area contributed by atoms with Gasteiger partial charge in [0.1, 0.15) is 5.75 Å². The molecule has 118 valence electrons. The van der Waals surface area contributed by atoms with Gasteiger partial charge in [-0.1, -0.05) is 0 Å². The fourth-order valence-electron chi connectivity index (χ4n) is 2.88. The number of ether oxygens (including phenoxy) is 3. The van der Waals surface area contributed by atoms with Crippen LogP contribution in [-0.4, -0.2) is 39.1 Å². The van der Waals surface area contributed by atoms with Crippen LogP contribution < -0.4 is 19.5 Å². The SMILES string of the molecule is COc1cc(OC)c(OC)cc1CNCC1CCC(O)C1. The molecule has 1 fully saturated rings. The molecule has 0 amide bonds. The molecule has 2 atom stereocenters. The van der Waals surface area contributed by atoms with Crippen LogP contribution in [0.25, 0.3) is 0 Å². The lowest BCUT2D eigenvalue weighted by Crippen LogP contribution is -2.21. The van der Waals surface area contributed by atoms with Gasteiger partial charge in [-0.2, -0.15) is 0 Å². The maximum atomic E-state index is 9.55. The van der Waals surface area contributed by atoms with Crippen molar-refractivity contribution in [1.82, 2.24) is 5.32 Å². The van der Waals surface area contributed by atoms with E-state index in [1.807, 2.05) is 12.1 Å². The predicted octanol–water partition coefficient (Wildman–Crippen LogP) is 1.96. The molecule has 0 aromatic heterocycles. The number of aliphatic hydroxyl groups excluding tert-OH is 1. The highest BCUT2D eigenvalue weighted by atomic mass is 16.5. The maximum absolute atomic E-state index is 9.55. The summed E-state index contributed by atoms with van der Waals surface area (Å²) in [6.45, 7) is 1.62. The third kappa shape index (κ3) is 4.02. The minimum Gasteiger partial charge on any atom is -0.496 e. The summed E-state index contributed by atoms with van der Waals surface area (Å²) >= 11 is 0. The second-order valence-corrected chi connectivity index (χ2v) is 5.48. The number of benzene rings is 1. The summed E-state index contributed by atoms with van der Waals surface area (Å²) in [5.74, 6) is 2.71. The van der Waals surface area contributed by atoms with Crippen molar-refractivity contribution in [2.45, 2.75) is 31.9 Å². The highest BCUT2D eigenvalue weighted by Crippen LogP contribution is 2.34. The van der Waals surface area contributed by atoms with Gasteiger partial charge in [-0.05, 0) is 37.8 Å². The van der Waals surface area contributed by atoms with Crippen molar-refractivity contribution >= 4 is 0 Å². The average Bonchev–Trinajstić information content (AvgIpc) is 2.92. The molecule has 1 aromatic rings. The molecule has 5 nitrogen and oxygen atoms in total. The summed E-state index contributed by atoms with van der Waals surface area (Å²) in [7, 11) is 4.89. The van der Waals surface area contributed by atoms with E-state index < -0.39 is 0 Å². The third-order valence-electron chi connectivity index (χ3n) is 4.05. The number of methoxy groups -OCH3 is 3. The first-order chi connectivity index (χ1) is 10.2. The molecule has 2 rings (SSSR count). The molecule has 1 aromatic carbocycles. The highest BCUT2D eigenvalue weighted by molar-refractivity contribution is 5.50. The average molecular weight is 295 g/mol. The Hall–Kier alpha value is -1.46. The lowest BCUT2D eigenvalue weighted by molar-refractivity contribution is 0.177. The minimum absolute atomic E-state index is 0.118. The van der Waals surface area contributed by atoms with E-state index in [-0.39, 0.29) is 6.10 Å². The van der Waals surface area contributed by atoms with E-state index in [0.717, 1.165) is 37.1 Å². The zero-order valence-electron chi connectivity index (χ0n) is 13.0. The van der Waals surface area contributed by atoms with Gasteiger partial charge >= 0.3 is 0 Å². The van der Waals surface area contributed by atoms with E-state index in [2.05, 4.69) is 5.32 Å². The number of nitrogens with one attached hydrogen (secondary N) is 1. The Bertz CT molecular complexity index is 464. The molecule has 21 heavy (non-hydrogen) atoms. The zero-order chi connectivity index (χ0) is 15.2. The van der Waals surface area contributed by atoms with Crippen molar-refractivity contribution in [3.8, 4) is 17.2 Å². The van der Waals surface area contributed by atoms with Crippen LogP contribution in [0.4, 0.5) is 0 Å².